The van der Waals surface area contributed by atoms with Crippen LogP contribution in [0.2, 0.25) is 5.02 Å². The summed E-state index contributed by atoms with van der Waals surface area (Å²) in [6.45, 7) is 0.209. The van der Waals surface area contributed by atoms with Gasteiger partial charge in [-0.05, 0) is 41.5 Å². The summed E-state index contributed by atoms with van der Waals surface area (Å²) in [6, 6.07) is 23.8. The van der Waals surface area contributed by atoms with Gasteiger partial charge >= 0.3 is 0 Å². The minimum atomic E-state index is -0.484. The predicted molar refractivity (Wildman–Crippen MR) is 133 cm³/mol. The lowest BCUT2D eigenvalue weighted by Crippen LogP contribution is -2.15. The Bertz CT molecular complexity index is 1460. The first-order valence-electron chi connectivity index (χ1n) is 11.0. The molecule has 5 aromatic rings. The quantitative estimate of drug-likeness (QED) is 0.312. The van der Waals surface area contributed by atoms with Gasteiger partial charge in [-0.2, -0.15) is 5.10 Å². The van der Waals surface area contributed by atoms with Crippen LogP contribution in [0.15, 0.2) is 91.4 Å². The van der Waals surface area contributed by atoms with Crippen molar-refractivity contribution >= 4 is 23.5 Å². The average Bonchev–Trinajstić information content (AvgIpc) is 3.56. The lowest BCUT2D eigenvalue weighted by atomic mass is 10.1. The summed E-state index contributed by atoms with van der Waals surface area (Å²) in [5, 5.41) is 11.3. The summed E-state index contributed by atoms with van der Waals surface area (Å²) in [6.07, 6.45) is 3.02. The van der Waals surface area contributed by atoms with E-state index in [4.69, 9.17) is 16.3 Å². The SMILES string of the molecule is O=C(Nc1ncn(Cc2c(F)cccc2Cl)n1)c1ccn(COc2ccc(-c3ccccc3)cc2)n1. The molecule has 36 heavy (non-hydrogen) atoms. The Morgan fingerprint density at radius 3 is 2.47 bits per heavy atom. The largest absolute Gasteiger partial charge is 0.471 e. The number of nitrogens with one attached hydrogen (secondary N) is 1. The summed E-state index contributed by atoms with van der Waals surface area (Å²) in [4.78, 5) is 16.6. The number of rotatable bonds is 8. The monoisotopic (exact) mass is 502 g/mol. The first kappa shape index (κ1) is 23.3. The second-order valence-corrected chi connectivity index (χ2v) is 8.23. The third-order valence-electron chi connectivity index (χ3n) is 5.34. The van der Waals surface area contributed by atoms with Gasteiger partial charge in [-0.1, -0.05) is 60.1 Å². The number of carbonyl (C=O) groups is 1. The van der Waals surface area contributed by atoms with Crippen LogP contribution in [0.5, 0.6) is 5.75 Å². The molecule has 0 aliphatic heterocycles. The fourth-order valence-corrected chi connectivity index (χ4v) is 3.73. The highest BCUT2D eigenvalue weighted by atomic mass is 35.5. The highest BCUT2D eigenvalue weighted by molar-refractivity contribution is 6.31. The van der Waals surface area contributed by atoms with E-state index in [1.54, 1.807) is 18.3 Å². The van der Waals surface area contributed by atoms with Crippen molar-refractivity contribution in [2.24, 2.45) is 0 Å². The molecule has 0 aliphatic carbocycles. The molecule has 2 heterocycles. The van der Waals surface area contributed by atoms with Gasteiger partial charge in [-0.25, -0.2) is 18.7 Å². The topological polar surface area (TPSA) is 86.9 Å². The molecular formula is C26H20ClFN6O2. The van der Waals surface area contributed by atoms with Crippen LogP contribution < -0.4 is 10.1 Å². The molecule has 0 fully saturated rings. The molecule has 0 saturated carbocycles. The molecule has 3 aromatic carbocycles. The number of amides is 1. The normalized spacial score (nSPS) is 10.8. The Morgan fingerprint density at radius 2 is 1.69 bits per heavy atom. The molecule has 1 amide bonds. The van der Waals surface area contributed by atoms with Crippen molar-refractivity contribution in [1.29, 1.82) is 0 Å². The molecule has 0 saturated heterocycles. The molecule has 0 radical (unpaired) electrons. The lowest BCUT2D eigenvalue weighted by molar-refractivity contribution is 0.101. The van der Waals surface area contributed by atoms with E-state index in [0.29, 0.717) is 5.75 Å². The van der Waals surface area contributed by atoms with Gasteiger partial charge in [0.05, 0.1) is 6.54 Å². The maximum atomic E-state index is 14.0. The highest BCUT2D eigenvalue weighted by Gasteiger charge is 2.14. The Kier molecular flexibility index (Phi) is 6.72. The Hall–Kier alpha value is -4.50. The number of ether oxygens (including phenoxy) is 1. The molecule has 2 aromatic heterocycles. The van der Waals surface area contributed by atoms with Gasteiger partial charge < -0.3 is 4.74 Å². The highest BCUT2D eigenvalue weighted by Crippen LogP contribution is 2.22. The van der Waals surface area contributed by atoms with Crippen molar-refractivity contribution in [2.45, 2.75) is 13.3 Å². The zero-order valence-corrected chi connectivity index (χ0v) is 19.6. The summed E-state index contributed by atoms with van der Waals surface area (Å²) in [5.41, 5.74) is 2.68. The zero-order chi connectivity index (χ0) is 24.9. The van der Waals surface area contributed by atoms with Crippen molar-refractivity contribution < 1.29 is 13.9 Å². The van der Waals surface area contributed by atoms with Crippen LogP contribution >= 0.6 is 11.6 Å². The van der Waals surface area contributed by atoms with Gasteiger partial charge in [0.25, 0.3) is 5.91 Å². The Morgan fingerprint density at radius 1 is 0.917 bits per heavy atom. The van der Waals surface area contributed by atoms with E-state index < -0.39 is 11.7 Å². The molecular weight excluding hydrogens is 483 g/mol. The average molecular weight is 503 g/mol. The van der Waals surface area contributed by atoms with E-state index in [1.165, 1.54) is 27.8 Å². The molecule has 0 bridgehead atoms. The molecule has 1 N–H and O–H groups in total. The third kappa shape index (κ3) is 5.42. The van der Waals surface area contributed by atoms with Crippen molar-refractivity contribution in [2.75, 3.05) is 5.32 Å². The van der Waals surface area contributed by atoms with Crippen molar-refractivity contribution in [1.82, 2.24) is 24.5 Å². The number of carbonyl (C=O) groups excluding carboxylic acids is 1. The predicted octanol–water partition coefficient (Wildman–Crippen LogP) is 5.27. The lowest BCUT2D eigenvalue weighted by Gasteiger charge is -2.07. The fourth-order valence-electron chi connectivity index (χ4n) is 3.51. The second kappa shape index (κ2) is 10.4. The summed E-state index contributed by atoms with van der Waals surface area (Å²) in [5.74, 6) is -0.177. The third-order valence-corrected chi connectivity index (χ3v) is 5.70. The van der Waals surface area contributed by atoms with Gasteiger partial charge in [-0.15, -0.1) is 5.10 Å². The summed E-state index contributed by atoms with van der Waals surface area (Å²) < 4.78 is 22.7. The molecule has 10 heteroatoms. The minimum absolute atomic E-state index is 0.0665. The van der Waals surface area contributed by atoms with Gasteiger partial charge in [0.2, 0.25) is 5.95 Å². The number of halogens is 2. The smallest absolute Gasteiger partial charge is 0.278 e. The number of anilines is 1. The second-order valence-electron chi connectivity index (χ2n) is 7.82. The first-order chi connectivity index (χ1) is 17.5. The van der Waals surface area contributed by atoms with Crippen molar-refractivity contribution in [3.05, 3.63) is 113 Å². The maximum absolute atomic E-state index is 14.0. The molecule has 8 nitrogen and oxygen atoms in total. The molecule has 5 rings (SSSR count). The van der Waals surface area contributed by atoms with Gasteiger partial charge in [0.1, 0.15) is 17.9 Å². The van der Waals surface area contributed by atoms with E-state index in [-0.39, 0.29) is 35.5 Å². The Balaban J connectivity index is 1.16. The van der Waals surface area contributed by atoms with Crippen LogP contribution in [-0.4, -0.2) is 30.5 Å². The van der Waals surface area contributed by atoms with Crippen molar-refractivity contribution in [3.8, 4) is 16.9 Å². The first-order valence-corrected chi connectivity index (χ1v) is 11.4. The molecule has 0 spiro atoms. The number of benzene rings is 3. The van der Waals surface area contributed by atoms with E-state index in [1.807, 2.05) is 54.6 Å². The van der Waals surface area contributed by atoms with Gasteiger partial charge in [-0.3, -0.25) is 10.1 Å². The molecule has 180 valence electrons. The van der Waals surface area contributed by atoms with Crippen LogP contribution in [0.3, 0.4) is 0 Å². The maximum Gasteiger partial charge on any atom is 0.278 e. The summed E-state index contributed by atoms with van der Waals surface area (Å²) >= 11 is 6.06. The fraction of sp³-hybridized carbons (Fsp3) is 0.0769. The number of hydrogen-bond acceptors (Lipinski definition) is 5. The molecule has 0 aliphatic rings. The van der Waals surface area contributed by atoms with Crippen LogP contribution in [-0.2, 0) is 13.3 Å². The number of nitrogens with zero attached hydrogens (tertiary/aromatic N) is 5. The van der Waals surface area contributed by atoms with Crippen LogP contribution in [0.4, 0.5) is 10.3 Å². The van der Waals surface area contributed by atoms with E-state index in [0.717, 1.165) is 11.1 Å². The summed E-state index contributed by atoms with van der Waals surface area (Å²) in [7, 11) is 0. The van der Waals surface area contributed by atoms with E-state index in [9.17, 15) is 9.18 Å². The van der Waals surface area contributed by atoms with Gasteiger partial charge in [0.15, 0.2) is 12.4 Å². The number of hydrogen-bond donors (Lipinski definition) is 1. The van der Waals surface area contributed by atoms with Gasteiger partial charge in [0, 0.05) is 16.8 Å². The molecule has 0 unspecified atom stereocenters. The van der Waals surface area contributed by atoms with Crippen molar-refractivity contribution in [3.63, 3.8) is 0 Å². The zero-order valence-electron chi connectivity index (χ0n) is 18.9. The van der Waals surface area contributed by atoms with Crippen LogP contribution in [0.1, 0.15) is 16.1 Å². The van der Waals surface area contributed by atoms with E-state index in [2.05, 4.69) is 20.5 Å². The van der Waals surface area contributed by atoms with E-state index >= 15 is 0 Å². The van der Waals surface area contributed by atoms with Crippen LogP contribution in [0, 0.1) is 5.82 Å². The Labute approximate surface area is 210 Å². The minimum Gasteiger partial charge on any atom is -0.471 e. The van der Waals surface area contributed by atoms with Crippen LogP contribution in [0.25, 0.3) is 11.1 Å². The number of aromatic nitrogens is 5. The standard InChI is InChI=1S/C26H20ClFN6O2/c27-22-7-4-8-23(28)21(22)15-34-16-29-26(32-34)30-25(35)24-13-14-33(31-24)17-36-20-11-9-19(10-12-20)18-5-2-1-3-6-18/h1-14,16H,15,17H2,(H,30,32,35). The molecule has 0 atom stereocenters.